The van der Waals surface area contributed by atoms with Gasteiger partial charge in [0.05, 0.1) is 0 Å². The molecule has 1 heterocycles. The van der Waals surface area contributed by atoms with Gasteiger partial charge in [0.15, 0.2) is 0 Å². The molecule has 1 aliphatic rings. The fourth-order valence-electron chi connectivity index (χ4n) is 3.01. The molecular weight excluding hydrogens is 196 g/mol. The molecule has 16 heavy (non-hydrogen) atoms. The van der Waals surface area contributed by atoms with Gasteiger partial charge in [0.2, 0.25) is 0 Å². The van der Waals surface area contributed by atoms with Crippen molar-refractivity contribution in [3.8, 4) is 0 Å². The minimum atomic E-state index is 0.382. The van der Waals surface area contributed by atoms with Gasteiger partial charge in [-0.2, -0.15) is 0 Å². The van der Waals surface area contributed by atoms with E-state index in [0.29, 0.717) is 17.5 Å². The van der Waals surface area contributed by atoms with Crippen LogP contribution in [-0.2, 0) is 0 Å². The lowest BCUT2D eigenvalue weighted by Crippen LogP contribution is -2.50. The Hall–Kier alpha value is -0.0800. The van der Waals surface area contributed by atoms with Crippen molar-refractivity contribution < 1.29 is 0 Å². The molecule has 1 aliphatic heterocycles. The first-order valence-corrected chi connectivity index (χ1v) is 6.79. The number of hydrogen-bond acceptors (Lipinski definition) is 2. The summed E-state index contributed by atoms with van der Waals surface area (Å²) >= 11 is 0. The summed E-state index contributed by atoms with van der Waals surface area (Å²) in [6.07, 6.45) is 3.88. The molecule has 96 valence electrons. The molecule has 0 radical (unpaired) electrons. The van der Waals surface area contributed by atoms with E-state index < -0.39 is 0 Å². The molecule has 1 rings (SSSR count). The van der Waals surface area contributed by atoms with Crippen LogP contribution in [0.25, 0.3) is 0 Å². The van der Waals surface area contributed by atoms with Crippen LogP contribution in [0, 0.1) is 11.3 Å². The van der Waals surface area contributed by atoms with Crippen molar-refractivity contribution in [3.05, 3.63) is 0 Å². The van der Waals surface area contributed by atoms with E-state index in [1.165, 1.54) is 25.8 Å². The molecule has 2 heteroatoms. The lowest BCUT2D eigenvalue weighted by atomic mass is 9.85. The van der Waals surface area contributed by atoms with Crippen LogP contribution in [0.3, 0.4) is 0 Å². The standard InChI is InChI=1S/C14H30N2/c1-11-6-7-16(12(2)8-11)13(10-15)9-14(3,4)5/h11-13H,6-10,15H2,1-5H3. The summed E-state index contributed by atoms with van der Waals surface area (Å²) in [5, 5.41) is 0. The van der Waals surface area contributed by atoms with Gasteiger partial charge in [-0.3, -0.25) is 4.90 Å². The van der Waals surface area contributed by atoms with E-state index >= 15 is 0 Å². The van der Waals surface area contributed by atoms with Crippen LogP contribution >= 0.6 is 0 Å². The summed E-state index contributed by atoms with van der Waals surface area (Å²) in [6.45, 7) is 13.7. The average molecular weight is 226 g/mol. The van der Waals surface area contributed by atoms with Gasteiger partial charge >= 0.3 is 0 Å². The molecule has 0 aliphatic carbocycles. The van der Waals surface area contributed by atoms with E-state index in [1.54, 1.807) is 0 Å². The third-order valence-electron chi connectivity index (χ3n) is 3.78. The number of nitrogens with two attached hydrogens (primary N) is 1. The summed E-state index contributed by atoms with van der Waals surface area (Å²) in [4.78, 5) is 2.64. The van der Waals surface area contributed by atoms with E-state index in [4.69, 9.17) is 5.73 Å². The Kier molecular flexibility index (Phi) is 4.81. The van der Waals surface area contributed by atoms with Gasteiger partial charge in [-0.25, -0.2) is 0 Å². The zero-order valence-electron chi connectivity index (χ0n) is 11.8. The number of hydrogen-bond donors (Lipinski definition) is 1. The average Bonchev–Trinajstić information content (AvgIpc) is 2.13. The van der Waals surface area contributed by atoms with Crippen LogP contribution in [0.4, 0.5) is 0 Å². The largest absolute Gasteiger partial charge is 0.329 e. The van der Waals surface area contributed by atoms with Gasteiger partial charge in [0.1, 0.15) is 0 Å². The highest BCUT2D eigenvalue weighted by molar-refractivity contribution is 4.85. The Bertz CT molecular complexity index is 207. The predicted molar refractivity (Wildman–Crippen MR) is 71.5 cm³/mol. The highest BCUT2D eigenvalue weighted by atomic mass is 15.2. The van der Waals surface area contributed by atoms with Crippen molar-refractivity contribution in [2.24, 2.45) is 17.1 Å². The Morgan fingerprint density at radius 3 is 2.38 bits per heavy atom. The third kappa shape index (κ3) is 4.06. The minimum absolute atomic E-state index is 0.382. The summed E-state index contributed by atoms with van der Waals surface area (Å²) in [5.41, 5.74) is 6.35. The highest BCUT2D eigenvalue weighted by Gasteiger charge is 2.30. The van der Waals surface area contributed by atoms with E-state index in [2.05, 4.69) is 39.5 Å². The van der Waals surface area contributed by atoms with Gasteiger partial charge in [-0.15, -0.1) is 0 Å². The SMILES string of the molecule is CC1CCN(C(CN)CC(C)(C)C)C(C)C1. The second kappa shape index (κ2) is 5.50. The number of piperidine rings is 1. The fourth-order valence-corrected chi connectivity index (χ4v) is 3.01. The van der Waals surface area contributed by atoms with Crippen molar-refractivity contribution in [1.29, 1.82) is 0 Å². The zero-order valence-corrected chi connectivity index (χ0v) is 11.8. The molecule has 0 aromatic heterocycles. The minimum Gasteiger partial charge on any atom is -0.329 e. The second-order valence-electron chi connectivity index (χ2n) is 6.87. The molecule has 2 nitrogen and oxygen atoms in total. The molecule has 0 aromatic carbocycles. The molecule has 2 N–H and O–H groups in total. The smallest absolute Gasteiger partial charge is 0.0226 e. The quantitative estimate of drug-likeness (QED) is 0.802. The molecule has 0 aromatic rings. The van der Waals surface area contributed by atoms with E-state index in [1.807, 2.05) is 0 Å². The van der Waals surface area contributed by atoms with Crippen LogP contribution in [0.1, 0.15) is 53.9 Å². The van der Waals surface area contributed by atoms with Crippen molar-refractivity contribution >= 4 is 0 Å². The monoisotopic (exact) mass is 226 g/mol. The first kappa shape index (κ1) is 14.0. The van der Waals surface area contributed by atoms with Gasteiger partial charge < -0.3 is 5.73 Å². The van der Waals surface area contributed by atoms with E-state index in [0.717, 1.165) is 12.5 Å². The van der Waals surface area contributed by atoms with Crippen molar-refractivity contribution in [3.63, 3.8) is 0 Å². The van der Waals surface area contributed by atoms with Crippen LogP contribution in [-0.4, -0.2) is 30.1 Å². The highest BCUT2D eigenvalue weighted by Crippen LogP contribution is 2.29. The topological polar surface area (TPSA) is 29.3 Å². The summed E-state index contributed by atoms with van der Waals surface area (Å²) in [7, 11) is 0. The number of likely N-dealkylation sites (tertiary alicyclic amines) is 1. The van der Waals surface area contributed by atoms with Gasteiger partial charge in [-0.05, 0) is 44.1 Å². The Labute approximate surface area is 102 Å². The summed E-state index contributed by atoms with van der Waals surface area (Å²) in [6, 6.07) is 1.28. The molecule has 1 saturated heterocycles. The Balaban J connectivity index is 2.58. The number of rotatable bonds is 3. The maximum absolute atomic E-state index is 5.97. The van der Waals surface area contributed by atoms with Gasteiger partial charge in [0, 0.05) is 18.6 Å². The van der Waals surface area contributed by atoms with Crippen molar-refractivity contribution in [2.75, 3.05) is 13.1 Å². The summed E-state index contributed by atoms with van der Waals surface area (Å²) in [5.74, 6) is 0.888. The molecule has 1 fully saturated rings. The summed E-state index contributed by atoms with van der Waals surface area (Å²) < 4.78 is 0. The fraction of sp³-hybridized carbons (Fsp3) is 1.00. The normalized spacial score (nSPS) is 30.4. The maximum Gasteiger partial charge on any atom is 0.0226 e. The maximum atomic E-state index is 5.97. The molecule has 0 bridgehead atoms. The second-order valence-corrected chi connectivity index (χ2v) is 6.87. The lowest BCUT2D eigenvalue weighted by Gasteiger charge is -2.43. The van der Waals surface area contributed by atoms with Gasteiger partial charge in [0.25, 0.3) is 0 Å². The Morgan fingerprint density at radius 1 is 1.31 bits per heavy atom. The lowest BCUT2D eigenvalue weighted by molar-refractivity contribution is 0.0640. The molecule has 0 spiro atoms. The molecule has 0 saturated carbocycles. The zero-order chi connectivity index (χ0) is 12.3. The number of nitrogens with zero attached hydrogens (tertiary/aromatic N) is 1. The van der Waals surface area contributed by atoms with Crippen molar-refractivity contribution in [1.82, 2.24) is 4.90 Å². The predicted octanol–water partition coefficient (Wildman–Crippen LogP) is 2.87. The third-order valence-corrected chi connectivity index (χ3v) is 3.78. The molecule has 3 unspecified atom stereocenters. The van der Waals surface area contributed by atoms with Crippen LogP contribution in [0.2, 0.25) is 0 Å². The molecular formula is C14H30N2. The molecule has 0 amide bonds. The van der Waals surface area contributed by atoms with Crippen LogP contribution in [0.5, 0.6) is 0 Å². The molecule has 3 atom stereocenters. The Morgan fingerprint density at radius 2 is 1.94 bits per heavy atom. The van der Waals surface area contributed by atoms with Gasteiger partial charge in [-0.1, -0.05) is 27.7 Å². The van der Waals surface area contributed by atoms with E-state index in [9.17, 15) is 0 Å². The van der Waals surface area contributed by atoms with Crippen LogP contribution in [0.15, 0.2) is 0 Å². The first-order chi connectivity index (χ1) is 7.33. The van der Waals surface area contributed by atoms with Crippen LogP contribution < -0.4 is 5.73 Å². The van der Waals surface area contributed by atoms with Crippen molar-refractivity contribution in [2.45, 2.75) is 66.0 Å². The first-order valence-electron chi connectivity index (χ1n) is 6.79. The van der Waals surface area contributed by atoms with E-state index in [-0.39, 0.29) is 0 Å².